The molecule has 8 nitrogen and oxygen atoms in total. The van der Waals surface area contributed by atoms with E-state index in [1.807, 2.05) is 19.9 Å². The van der Waals surface area contributed by atoms with Gasteiger partial charge in [-0.05, 0) is 43.7 Å². The highest BCUT2D eigenvalue weighted by atomic mass is 32.2. The summed E-state index contributed by atoms with van der Waals surface area (Å²) < 4.78 is 33.7. The molecule has 9 heteroatoms. The lowest BCUT2D eigenvalue weighted by molar-refractivity contribution is -0.133. The molecule has 0 radical (unpaired) electrons. The van der Waals surface area contributed by atoms with Gasteiger partial charge in [0.05, 0.1) is 17.7 Å². The SMILES string of the molecule is COc1ccc(C)cc1N(CC(=O)N1CCN(C=O)CC1)S(=O)(=O)c1ccc(C)cc1. The molecular weight excluding hydrogens is 418 g/mol. The van der Waals surface area contributed by atoms with Crippen molar-refractivity contribution < 1.29 is 22.7 Å². The second-order valence-electron chi connectivity index (χ2n) is 7.52. The predicted octanol–water partition coefficient (Wildman–Crippen LogP) is 1.81. The zero-order valence-corrected chi connectivity index (χ0v) is 18.8. The minimum absolute atomic E-state index is 0.0974. The van der Waals surface area contributed by atoms with E-state index in [2.05, 4.69) is 0 Å². The van der Waals surface area contributed by atoms with Crippen LogP contribution in [-0.2, 0) is 19.6 Å². The van der Waals surface area contributed by atoms with Crippen molar-refractivity contribution in [2.75, 3.05) is 44.1 Å². The summed E-state index contributed by atoms with van der Waals surface area (Å²) in [7, 11) is -2.57. The van der Waals surface area contributed by atoms with Gasteiger partial charge in [0.2, 0.25) is 12.3 Å². The van der Waals surface area contributed by atoms with Gasteiger partial charge in [-0.3, -0.25) is 13.9 Å². The fraction of sp³-hybridized carbons (Fsp3) is 0.364. The average molecular weight is 446 g/mol. The summed E-state index contributed by atoms with van der Waals surface area (Å²) in [6, 6.07) is 11.7. The first-order valence-electron chi connectivity index (χ1n) is 9.97. The third kappa shape index (κ3) is 4.99. The van der Waals surface area contributed by atoms with Gasteiger partial charge in [0.15, 0.2) is 0 Å². The lowest BCUT2D eigenvalue weighted by atomic mass is 10.2. The topological polar surface area (TPSA) is 87.2 Å². The van der Waals surface area contributed by atoms with Crippen LogP contribution in [0.5, 0.6) is 5.75 Å². The second-order valence-corrected chi connectivity index (χ2v) is 9.38. The first kappa shape index (κ1) is 22.6. The van der Waals surface area contributed by atoms with Crippen molar-refractivity contribution in [1.29, 1.82) is 0 Å². The Morgan fingerprint density at radius 1 is 1.03 bits per heavy atom. The number of methoxy groups -OCH3 is 1. The second kappa shape index (κ2) is 9.38. The maximum atomic E-state index is 13.6. The highest BCUT2D eigenvalue weighted by Gasteiger charge is 2.32. The van der Waals surface area contributed by atoms with Crippen LogP contribution in [0.2, 0.25) is 0 Å². The molecule has 1 heterocycles. The number of ether oxygens (including phenoxy) is 1. The molecule has 1 saturated heterocycles. The maximum absolute atomic E-state index is 13.6. The van der Waals surface area contributed by atoms with E-state index in [0.29, 0.717) is 37.6 Å². The van der Waals surface area contributed by atoms with Gasteiger partial charge in [-0.1, -0.05) is 23.8 Å². The Bertz CT molecular complexity index is 1050. The van der Waals surface area contributed by atoms with Crippen LogP contribution in [0.1, 0.15) is 11.1 Å². The molecule has 0 saturated carbocycles. The molecule has 0 aromatic heterocycles. The fourth-order valence-electron chi connectivity index (χ4n) is 3.43. The van der Waals surface area contributed by atoms with E-state index < -0.39 is 10.0 Å². The molecule has 0 unspecified atom stereocenters. The van der Waals surface area contributed by atoms with E-state index in [-0.39, 0.29) is 17.3 Å². The zero-order valence-electron chi connectivity index (χ0n) is 17.9. The number of piperazine rings is 1. The Kier molecular flexibility index (Phi) is 6.84. The standard InChI is InChI=1S/C22H27N3O5S/c1-17-4-7-19(8-5-17)31(28,29)25(20-14-18(2)6-9-21(20)30-3)15-22(27)24-12-10-23(16-26)11-13-24/h4-9,14,16H,10-13,15H2,1-3H3. The smallest absolute Gasteiger partial charge is 0.264 e. The van der Waals surface area contributed by atoms with Crippen molar-refractivity contribution in [3.05, 3.63) is 53.6 Å². The summed E-state index contributed by atoms with van der Waals surface area (Å²) in [5.41, 5.74) is 2.08. The van der Waals surface area contributed by atoms with E-state index >= 15 is 0 Å². The summed E-state index contributed by atoms with van der Waals surface area (Å²) in [5.74, 6) is 0.0321. The van der Waals surface area contributed by atoms with Crippen molar-refractivity contribution in [3.8, 4) is 5.75 Å². The molecule has 1 aliphatic heterocycles. The number of amides is 2. The number of rotatable bonds is 7. The molecule has 166 valence electrons. The van der Waals surface area contributed by atoms with E-state index in [9.17, 15) is 18.0 Å². The highest BCUT2D eigenvalue weighted by Crippen LogP contribution is 2.33. The number of sulfonamides is 1. The first-order valence-corrected chi connectivity index (χ1v) is 11.4. The first-order chi connectivity index (χ1) is 14.8. The number of nitrogens with zero attached hydrogens (tertiary/aromatic N) is 3. The Labute approximate surface area is 183 Å². The van der Waals surface area contributed by atoms with Crippen LogP contribution in [0, 0.1) is 13.8 Å². The van der Waals surface area contributed by atoms with Gasteiger partial charge in [0.25, 0.3) is 10.0 Å². The Morgan fingerprint density at radius 3 is 2.23 bits per heavy atom. The Balaban J connectivity index is 1.99. The van der Waals surface area contributed by atoms with E-state index in [1.54, 1.807) is 34.1 Å². The largest absolute Gasteiger partial charge is 0.495 e. The lowest BCUT2D eigenvalue weighted by Gasteiger charge is -2.34. The van der Waals surface area contributed by atoms with Crippen LogP contribution in [0.3, 0.4) is 0 Å². The number of benzene rings is 2. The van der Waals surface area contributed by atoms with Crippen LogP contribution in [0.15, 0.2) is 47.4 Å². The third-order valence-electron chi connectivity index (χ3n) is 5.31. The third-order valence-corrected chi connectivity index (χ3v) is 7.08. The lowest BCUT2D eigenvalue weighted by Crippen LogP contribution is -2.51. The number of carbonyl (C=O) groups is 2. The number of hydrogen-bond acceptors (Lipinski definition) is 5. The molecule has 0 spiro atoms. The van der Waals surface area contributed by atoms with E-state index in [4.69, 9.17) is 4.74 Å². The number of carbonyl (C=O) groups excluding carboxylic acids is 2. The molecule has 1 aliphatic rings. The molecule has 1 fully saturated rings. The van der Waals surface area contributed by atoms with Crippen molar-refractivity contribution >= 4 is 28.0 Å². The minimum atomic E-state index is -4.03. The summed E-state index contributed by atoms with van der Waals surface area (Å²) in [4.78, 5) is 27.3. The molecular formula is C22H27N3O5S. The van der Waals surface area contributed by atoms with Gasteiger partial charge < -0.3 is 14.5 Å². The van der Waals surface area contributed by atoms with Gasteiger partial charge in [-0.15, -0.1) is 0 Å². The zero-order chi connectivity index (χ0) is 22.6. The molecule has 2 aromatic carbocycles. The fourth-order valence-corrected chi connectivity index (χ4v) is 4.85. The van der Waals surface area contributed by atoms with Gasteiger partial charge in [0, 0.05) is 26.2 Å². The Hall–Kier alpha value is -3.07. The molecule has 2 amide bonds. The summed E-state index contributed by atoms with van der Waals surface area (Å²) in [6.45, 7) is 4.93. The molecule has 0 aliphatic carbocycles. The van der Waals surface area contributed by atoms with Gasteiger partial charge in [-0.2, -0.15) is 0 Å². The quantitative estimate of drug-likeness (QED) is 0.607. The van der Waals surface area contributed by atoms with Gasteiger partial charge >= 0.3 is 0 Å². The monoisotopic (exact) mass is 445 g/mol. The maximum Gasteiger partial charge on any atom is 0.264 e. The Morgan fingerprint density at radius 2 is 1.65 bits per heavy atom. The van der Waals surface area contributed by atoms with Crippen molar-refractivity contribution in [1.82, 2.24) is 9.80 Å². The minimum Gasteiger partial charge on any atom is -0.495 e. The summed E-state index contributed by atoms with van der Waals surface area (Å²) >= 11 is 0. The molecule has 3 rings (SSSR count). The summed E-state index contributed by atoms with van der Waals surface area (Å²) in [5, 5.41) is 0. The van der Waals surface area contributed by atoms with Crippen molar-refractivity contribution in [2.24, 2.45) is 0 Å². The van der Waals surface area contributed by atoms with Crippen LogP contribution < -0.4 is 9.04 Å². The van der Waals surface area contributed by atoms with Crippen LogP contribution in [0.25, 0.3) is 0 Å². The normalized spacial score (nSPS) is 14.3. The molecule has 31 heavy (non-hydrogen) atoms. The van der Waals surface area contributed by atoms with Crippen LogP contribution in [-0.4, -0.2) is 70.4 Å². The predicted molar refractivity (Wildman–Crippen MR) is 118 cm³/mol. The van der Waals surface area contributed by atoms with Crippen molar-refractivity contribution in [3.63, 3.8) is 0 Å². The number of hydrogen-bond donors (Lipinski definition) is 0. The number of anilines is 1. The average Bonchev–Trinajstić information content (AvgIpc) is 2.77. The van der Waals surface area contributed by atoms with Crippen molar-refractivity contribution in [2.45, 2.75) is 18.7 Å². The molecule has 0 atom stereocenters. The van der Waals surface area contributed by atoms with E-state index in [1.165, 1.54) is 19.2 Å². The molecule has 0 bridgehead atoms. The molecule has 2 aromatic rings. The summed E-state index contributed by atoms with van der Waals surface area (Å²) in [6.07, 6.45) is 0.758. The molecule has 0 N–H and O–H groups in total. The number of aryl methyl sites for hydroxylation is 2. The van der Waals surface area contributed by atoms with Crippen LogP contribution in [0.4, 0.5) is 5.69 Å². The highest BCUT2D eigenvalue weighted by molar-refractivity contribution is 7.92. The van der Waals surface area contributed by atoms with Gasteiger partial charge in [0.1, 0.15) is 12.3 Å². The van der Waals surface area contributed by atoms with Crippen LogP contribution >= 0.6 is 0 Å². The van der Waals surface area contributed by atoms with Gasteiger partial charge in [-0.25, -0.2) is 8.42 Å². The van der Waals surface area contributed by atoms with E-state index in [0.717, 1.165) is 21.8 Å².